The molecule has 0 aromatic carbocycles. The molecule has 2 N–H and O–H groups in total. The highest BCUT2D eigenvalue weighted by Gasteiger charge is 2.32. The standard InChI is InChI=1S/C10H18N2O2/c13-10(14)9-6-8(7-11-9)12-4-2-1-3-5-12/h8-9,11H,1-7H2,(H,13,14). The van der Waals surface area contributed by atoms with Gasteiger partial charge >= 0.3 is 5.97 Å². The predicted octanol–water partition coefficient (Wildman–Crippen LogP) is 0.287. The van der Waals surface area contributed by atoms with Crippen LogP contribution in [0.25, 0.3) is 0 Å². The molecule has 2 heterocycles. The summed E-state index contributed by atoms with van der Waals surface area (Å²) in [4.78, 5) is 13.2. The number of piperidine rings is 1. The van der Waals surface area contributed by atoms with E-state index in [4.69, 9.17) is 5.11 Å². The highest BCUT2D eigenvalue weighted by Crippen LogP contribution is 2.18. The molecule has 0 amide bonds. The van der Waals surface area contributed by atoms with Crippen LogP contribution in [-0.4, -0.2) is 47.7 Å². The number of likely N-dealkylation sites (tertiary alicyclic amines) is 1. The minimum atomic E-state index is -0.704. The second-order valence-corrected chi connectivity index (χ2v) is 4.29. The van der Waals surface area contributed by atoms with Crippen molar-refractivity contribution in [3.8, 4) is 0 Å². The average molecular weight is 198 g/mol. The van der Waals surface area contributed by atoms with Crippen molar-refractivity contribution in [3.05, 3.63) is 0 Å². The van der Waals surface area contributed by atoms with Crippen LogP contribution >= 0.6 is 0 Å². The maximum absolute atomic E-state index is 10.7. The summed E-state index contributed by atoms with van der Waals surface area (Å²) in [5.74, 6) is -0.704. The summed E-state index contributed by atoms with van der Waals surface area (Å²) in [5.41, 5.74) is 0. The van der Waals surface area contributed by atoms with Gasteiger partial charge in [-0.1, -0.05) is 6.42 Å². The van der Waals surface area contributed by atoms with Gasteiger partial charge in [0, 0.05) is 12.6 Å². The number of carboxylic acid groups (broad SMARTS) is 1. The van der Waals surface area contributed by atoms with E-state index in [-0.39, 0.29) is 6.04 Å². The smallest absolute Gasteiger partial charge is 0.320 e. The Morgan fingerprint density at radius 1 is 1.29 bits per heavy atom. The molecule has 0 radical (unpaired) electrons. The van der Waals surface area contributed by atoms with Crippen LogP contribution in [0, 0.1) is 0 Å². The largest absolute Gasteiger partial charge is 0.480 e. The van der Waals surface area contributed by atoms with Crippen LogP contribution < -0.4 is 5.32 Å². The topological polar surface area (TPSA) is 52.6 Å². The molecule has 4 heteroatoms. The lowest BCUT2D eigenvalue weighted by Gasteiger charge is -2.31. The van der Waals surface area contributed by atoms with Crippen molar-refractivity contribution in [2.75, 3.05) is 19.6 Å². The molecule has 0 aromatic heterocycles. The summed E-state index contributed by atoms with van der Waals surface area (Å²) in [5, 5.41) is 11.9. The van der Waals surface area contributed by atoms with E-state index in [1.165, 1.54) is 19.3 Å². The number of hydrogen-bond donors (Lipinski definition) is 2. The fourth-order valence-electron chi connectivity index (χ4n) is 2.47. The average Bonchev–Trinajstić information content (AvgIpc) is 2.68. The molecule has 2 rings (SSSR count). The molecule has 2 atom stereocenters. The van der Waals surface area contributed by atoms with E-state index >= 15 is 0 Å². The van der Waals surface area contributed by atoms with Crippen LogP contribution in [0.1, 0.15) is 25.7 Å². The lowest BCUT2D eigenvalue weighted by Crippen LogP contribution is -2.40. The van der Waals surface area contributed by atoms with Crippen molar-refractivity contribution in [3.63, 3.8) is 0 Å². The molecular formula is C10H18N2O2. The van der Waals surface area contributed by atoms with Gasteiger partial charge in [0.25, 0.3) is 0 Å². The molecule has 2 saturated heterocycles. The summed E-state index contributed by atoms with van der Waals surface area (Å²) >= 11 is 0. The van der Waals surface area contributed by atoms with Crippen LogP contribution in [0.2, 0.25) is 0 Å². The van der Waals surface area contributed by atoms with Crippen LogP contribution in [0.15, 0.2) is 0 Å². The Balaban J connectivity index is 1.85. The Morgan fingerprint density at radius 3 is 2.57 bits per heavy atom. The third kappa shape index (κ3) is 2.07. The fourth-order valence-corrected chi connectivity index (χ4v) is 2.47. The van der Waals surface area contributed by atoms with E-state index in [1.54, 1.807) is 0 Å². The first-order valence-electron chi connectivity index (χ1n) is 5.47. The van der Waals surface area contributed by atoms with Crippen molar-refractivity contribution < 1.29 is 9.90 Å². The molecule has 2 aliphatic heterocycles. The maximum atomic E-state index is 10.7. The Kier molecular flexibility index (Phi) is 3.03. The molecule has 0 aromatic rings. The van der Waals surface area contributed by atoms with Gasteiger partial charge in [0.05, 0.1) is 0 Å². The summed E-state index contributed by atoms with van der Waals surface area (Å²) in [6.07, 6.45) is 4.65. The van der Waals surface area contributed by atoms with Gasteiger partial charge in [-0.3, -0.25) is 9.69 Å². The lowest BCUT2D eigenvalue weighted by molar-refractivity contribution is -0.139. The molecule has 0 spiro atoms. The second kappa shape index (κ2) is 4.28. The number of aliphatic carboxylic acids is 1. The van der Waals surface area contributed by atoms with Gasteiger partial charge in [0.1, 0.15) is 6.04 Å². The summed E-state index contributed by atoms with van der Waals surface area (Å²) < 4.78 is 0. The van der Waals surface area contributed by atoms with Crippen LogP contribution in [0.4, 0.5) is 0 Å². The van der Waals surface area contributed by atoms with Crippen molar-refractivity contribution in [2.45, 2.75) is 37.8 Å². The second-order valence-electron chi connectivity index (χ2n) is 4.29. The third-order valence-electron chi connectivity index (χ3n) is 3.31. The Bertz CT molecular complexity index is 214. The van der Waals surface area contributed by atoms with Gasteiger partial charge in [-0.15, -0.1) is 0 Å². The predicted molar refractivity (Wildman–Crippen MR) is 53.3 cm³/mol. The third-order valence-corrected chi connectivity index (χ3v) is 3.31. The molecule has 14 heavy (non-hydrogen) atoms. The summed E-state index contributed by atoms with van der Waals surface area (Å²) in [7, 11) is 0. The molecule has 2 aliphatic rings. The van der Waals surface area contributed by atoms with Crippen molar-refractivity contribution >= 4 is 5.97 Å². The van der Waals surface area contributed by atoms with Crippen molar-refractivity contribution in [1.29, 1.82) is 0 Å². The molecule has 0 aliphatic carbocycles. The first-order valence-corrected chi connectivity index (χ1v) is 5.47. The number of carboxylic acids is 1. The lowest BCUT2D eigenvalue weighted by atomic mass is 10.1. The van der Waals surface area contributed by atoms with Crippen LogP contribution in [-0.2, 0) is 4.79 Å². The van der Waals surface area contributed by atoms with E-state index in [0.29, 0.717) is 6.04 Å². The van der Waals surface area contributed by atoms with Gasteiger partial charge in [0.2, 0.25) is 0 Å². The normalized spacial score (nSPS) is 34.6. The zero-order valence-corrected chi connectivity index (χ0v) is 8.41. The molecule has 0 saturated carbocycles. The van der Waals surface area contributed by atoms with E-state index in [9.17, 15) is 4.79 Å². The zero-order chi connectivity index (χ0) is 9.97. The Labute approximate surface area is 84.3 Å². The minimum absolute atomic E-state index is 0.318. The number of nitrogens with zero attached hydrogens (tertiary/aromatic N) is 1. The number of rotatable bonds is 2. The fraction of sp³-hybridized carbons (Fsp3) is 0.900. The minimum Gasteiger partial charge on any atom is -0.480 e. The Hall–Kier alpha value is -0.610. The molecule has 2 unspecified atom stereocenters. The summed E-state index contributed by atoms with van der Waals surface area (Å²) in [6.45, 7) is 3.15. The van der Waals surface area contributed by atoms with E-state index in [1.807, 2.05) is 0 Å². The van der Waals surface area contributed by atoms with Gasteiger partial charge in [0.15, 0.2) is 0 Å². The SMILES string of the molecule is O=C(O)C1CC(N2CCCCC2)CN1. The highest BCUT2D eigenvalue weighted by atomic mass is 16.4. The maximum Gasteiger partial charge on any atom is 0.320 e. The van der Waals surface area contributed by atoms with Crippen LogP contribution in [0.3, 0.4) is 0 Å². The zero-order valence-electron chi connectivity index (χ0n) is 8.41. The summed E-state index contributed by atoms with van der Waals surface area (Å²) in [6, 6.07) is 0.137. The quantitative estimate of drug-likeness (QED) is 0.669. The number of carbonyl (C=O) groups is 1. The Morgan fingerprint density at radius 2 is 2.00 bits per heavy atom. The first-order chi connectivity index (χ1) is 6.77. The number of hydrogen-bond acceptors (Lipinski definition) is 3. The molecule has 80 valence electrons. The molecular weight excluding hydrogens is 180 g/mol. The monoisotopic (exact) mass is 198 g/mol. The van der Waals surface area contributed by atoms with Gasteiger partial charge in [-0.05, 0) is 32.4 Å². The molecule has 4 nitrogen and oxygen atoms in total. The highest BCUT2D eigenvalue weighted by molar-refractivity contribution is 5.73. The van der Waals surface area contributed by atoms with E-state index in [2.05, 4.69) is 10.2 Å². The van der Waals surface area contributed by atoms with Crippen molar-refractivity contribution in [2.24, 2.45) is 0 Å². The first kappa shape index (κ1) is 9.93. The molecule has 0 bridgehead atoms. The van der Waals surface area contributed by atoms with Gasteiger partial charge in [-0.2, -0.15) is 0 Å². The van der Waals surface area contributed by atoms with Crippen LogP contribution in [0.5, 0.6) is 0 Å². The van der Waals surface area contributed by atoms with Gasteiger partial charge in [-0.25, -0.2) is 0 Å². The molecule has 2 fully saturated rings. The van der Waals surface area contributed by atoms with Gasteiger partial charge < -0.3 is 10.4 Å². The van der Waals surface area contributed by atoms with E-state index in [0.717, 1.165) is 26.1 Å². The van der Waals surface area contributed by atoms with Crippen molar-refractivity contribution in [1.82, 2.24) is 10.2 Å². The van der Waals surface area contributed by atoms with E-state index < -0.39 is 5.97 Å². The number of nitrogens with one attached hydrogen (secondary N) is 1.